The third-order valence-electron chi connectivity index (χ3n) is 5.31. The Morgan fingerprint density at radius 1 is 1.23 bits per heavy atom. The summed E-state index contributed by atoms with van der Waals surface area (Å²) >= 11 is 0. The molecule has 1 fully saturated rings. The fourth-order valence-electron chi connectivity index (χ4n) is 3.97. The molecule has 0 bridgehead atoms. The third-order valence-corrected chi connectivity index (χ3v) is 5.31. The normalized spacial score (nSPS) is 17.1. The Bertz CT molecular complexity index is 947. The zero-order chi connectivity index (χ0) is 18.3. The van der Waals surface area contributed by atoms with Crippen LogP contribution in [-0.2, 0) is 11.3 Å². The lowest BCUT2D eigenvalue weighted by Crippen LogP contribution is -2.43. The van der Waals surface area contributed by atoms with Crippen molar-refractivity contribution in [2.45, 2.75) is 26.4 Å². The van der Waals surface area contributed by atoms with Gasteiger partial charge in [-0.15, -0.1) is 0 Å². The van der Waals surface area contributed by atoms with E-state index >= 15 is 0 Å². The van der Waals surface area contributed by atoms with Crippen molar-refractivity contribution in [3.8, 4) is 5.75 Å². The molecule has 26 heavy (non-hydrogen) atoms. The van der Waals surface area contributed by atoms with Crippen molar-refractivity contribution in [1.29, 1.82) is 0 Å². The van der Waals surface area contributed by atoms with Gasteiger partial charge in [0.1, 0.15) is 5.75 Å². The molecule has 1 unspecified atom stereocenters. The van der Waals surface area contributed by atoms with E-state index in [4.69, 9.17) is 9.47 Å². The van der Waals surface area contributed by atoms with Crippen LogP contribution < -0.4 is 4.74 Å². The topological polar surface area (TPSA) is 39.5 Å². The molecule has 4 rings (SSSR count). The van der Waals surface area contributed by atoms with Crippen LogP contribution in [0.4, 0.5) is 4.39 Å². The molecule has 1 saturated heterocycles. The quantitative estimate of drug-likeness (QED) is 0.671. The molecule has 3 aromatic rings. The second kappa shape index (κ2) is 6.85. The van der Waals surface area contributed by atoms with Gasteiger partial charge in [-0.3, -0.25) is 4.90 Å². The van der Waals surface area contributed by atoms with E-state index in [1.54, 1.807) is 7.11 Å². The summed E-state index contributed by atoms with van der Waals surface area (Å²) in [6.45, 7) is 8.34. The minimum atomic E-state index is -0.439. The van der Waals surface area contributed by atoms with Crippen LogP contribution in [0.15, 0.2) is 24.3 Å². The molecule has 5 nitrogen and oxygen atoms in total. The largest absolute Gasteiger partial charge is 0.497 e. The number of halogens is 1. The SMILES string of the molecule is COc1ccc2c3cc(F)nc(C)c3n(CC(C)N3CCOCC3)c2c1. The molecule has 0 radical (unpaired) electrons. The van der Waals surface area contributed by atoms with E-state index in [0.717, 1.165) is 60.4 Å². The van der Waals surface area contributed by atoms with E-state index in [2.05, 4.69) is 21.4 Å². The number of morpholine rings is 1. The van der Waals surface area contributed by atoms with E-state index in [1.807, 2.05) is 25.1 Å². The summed E-state index contributed by atoms with van der Waals surface area (Å²) in [5, 5.41) is 1.93. The van der Waals surface area contributed by atoms with Crippen molar-refractivity contribution in [3.05, 3.63) is 35.9 Å². The fourth-order valence-corrected chi connectivity index (χ4v) is 3.97. The van der Waals surface area contributed by atoms with Crippen LogP contribution in [0.3, 0.4) is 0 Å². The Kier molecular flexibility index (Phi) is 4.54. The molecule has 0 saturated carbocycles. The van der Waals surface area contributed by atoms with Crippen molar-refractivity contribution >= 4 is 21.8 Å². The molecular formula is C20H24FN3O2. The van der Waals surface area contributed by atoms with E-state index in [1.165, 1.54) is 6.07 Å². The number of rotatable bonds is 4. The van der Waals surface area contributed by atoms with E-state index in [0.29, 0.717) is 11.7 Å². The lowest BCUT2D eigenvalue weighted by Gasteiger charge is -2.32. The van der Waals surface area contributed by atoms with Crippen LogP contribution >= 0.6 is 0 Å². The average Bonchev–Trinajstić information content (AvgIpc) is 2.95. The van der Waals surface area contributed by atoms with Gasteiger partial charge in [0.25, 0.3) is 0 Å². The lowest BCUT2D eigenvalue weighted by molar-refractivity contribution is 0.0174. The third kappa shape index (κ3) is 2.93. The van der Waals surface area contributed by atoms with E-state index in [-0.39, 0.29) is 0 Å². The smallest absolute Gasteiger partial charge is 0.213 e. The molecule has 1 atom stereocenters. The Hall–Kier alpha value is -2.18. The number of ether oxygens (including phenoxy) is 2. The van der Waals surface area contributed by atoms with Gasteiger partial charge in [-0.1, -0.05) is 0 Å². The Balaban J connectivity index is 1.86. The molecule has 1 aliphatic rings. The summed E-state index contributed by atoms with van der Waals surface area (Å²) in [6, 6.07) is 7.83. The molecule has 0 amide bonds. The molecule has 1 aliphatic heterocycles. The van der Waals surface area contributed by atoms with Gasteiger partial charge in [0.15, 0.2) is 0 Å². The van der Waals surface area contributed by atoms with Crippen LogP contribution in [0.5, 0.6) is 5.75 Å². The first kappa shape index (κ1) is 17.2. The van der Waals surface area contributed by atoms with Gasteiger partial charge in [0, 0.05) is 48.6 Å². The van der Waals surface area contributed by atoms with Crippen LogP contribution in [0, 0.1) is 12.9 Å². The molecule has 0 spiro atoms. The molecule has 3 heterocycles. The first-order valence-corrected chi connectivity index (χ1v) is 9.03. The summed E-state index contributed by atoms with van der Waals surface area (Å²) in [7, 11) is 1.66. The van der Waals surface area contributed by atoms with Crippen LogP contribution in [-0.4, -0.2) is 53.9 Å². The van der Waals surface area contributed by atoms with Crippen molar-refractivity contribution < 1.29 is 13.9 Å². The van der Waals surface area contributed by atoms with Crippen LogP contribution in [0.2, 0.25) is 0 Å². The van der Waals surface area contributed by atoms with Crippen molar-refractivity contribution in [3.63, 3.8) is 0 Å². The number of benzene rings is 1. The maximum Gasteiger partial charge on any atom is 0.213 e. The van der Waals surface area contributed by atoms with Gasteiger partial charge in [0.05, 0.1) is 37.1 Å². The summed E-state index contributed by atoms with van der Waals surface area (Å²) < 4.78 is 27.1. The standard InChI is InChI=1S/C20H24FN3O2/c1-13(23-6-8-26-9-7-23)12-24-18-10-15(25-3)4-5-16(18)17-11-19(21)22-14(2)20(17)24/h4-5,10-11,13H,6-9,12H2,1-3H3. The highest BCUT2D eigenvalue weighted by atomic mass is 19.1. The maximum absolute atomic E-state index is 14.0. The van der Waals surface area contributed by atoms with Gasteiger partial charge in [-0.2, -0.15) is 4.39 Å². The predicted molar refractivity (Wildman–Crippen MR) is 100 cm³/mol. The highest BCUT2D eigenvalue weighted by Gasteiger charge is 2.21. The van der Waals surface area contributed by atoms with Gasteiger partial charge in [-0.05, 0) is 26.0 Å². The van der Waals surface area contributed by atoms with Gasteiger partial charge >= 0.3 is 0 Å². The Labute approximate surface area is 152 Å². The number of fused-ring (bicyclic) bond motifs is 3. The summed E-state index contributed by atoms with van der Waals surface area (Å²) in [5.41, 5.74) is 2.76. The monoisotopic (exact) mass is 357 g/mol. The zero-order valence-corrected chi connectivity index (χ0v) is 15.5. The minimum absolute atomic E-state index is 0.341. The number of methoxy groups -OCH3 is 1. The van der Waals surface area contributed by atoms with Crippen LogP contribution in [0.25, 0.3) is 21.8 Å². The molecule has 138 valence electrons. The first-order chi connectivity index (χ1) is 12.6. The summed E-state index contributed by atoms with van der Waals surface area (Å²) in [6.07, 6.45) is 0. The van der Waals surface area contributed by atoms with Gasteiger partial charge in [0.2, 0.25) is 5.95 Å². The maximum atomic E-state index is 14.0. The van der Waals surface area contributed by atoms with Gasteiger partial charge in [-0.25, -0.2) is 4.98 Å². The molecule has 1 aromatic carbocycles. The number of aryl methyl sites for hydroxylation is 1. The minimum Gasteiger partial charge on any atom is -0.497 e. The number of aromatic nitrogens is 2. The number of hydrogen-bond acceptors (Lipinski definition) is 4. The summed E-state index contributed by atoms with van der Waals surface area (Å²) in [4.78, 5) is 6.51. The fraction of sp³-hybridized carbons (Fsp3) is 0.450. The molecular weight excluding hydrogens is 333 g/mol. The van der Waals surface area contributed by atoms with E-state index < -0.39 is 5.95 Å². The van der Waals surface area contributed by atoms with Crippen LogP contribution in [0.1, 0.15) is 12.6 Å². The summed E-state index contributed by atoms with van der Waals surface area (Å²) in [5.74, 6) is 0.359. The van der Waals surface area contributed by atoms with Crippen molar-refractivity contribution in [1.82, 2.24) is 14.5 Å². The number of hydrogen-bond donors (Lipinski definition) is 0. The highest BCUT2D eigenvalue weighted by molar-refractivity contribution is 6.09. The predicted octanol–water partition coefficient (Wildman–Crippen LogP) is 3.37. The molecule has 0 aliphatic carbocycles. The highest BCUT2D eigenvalue weighted by Crippen LogP contribution is 2.33. The van der Waals surface area contributed by atoms with E-state index in [9.17, 15) is 4.39 Å². The Morgan fingerprint density at radius 3 is 2.73 bits per heavy atom. The lowest BCUT2D eigenvalue weighted by atomic mass is 10.1. The molecule has 2 aromatic heterocycles. The van der Waals surface area contributed by atoms with Crippen molar-refractivity contribution in [2.24, 2.45) is 0 Å². The average molecular weight is 357 g/mol. The number of nitrogens with zero attached hydrogens (tertiary/aromatic N) is 3. The van der Waals surface area contributed by atoms with Gasteiger partial charge < -0.3 is 14.0 Å². The number of pyridine rings is 1. The van der Waals surface area contributed by atoms with Crippen molar-refractivity contribution in [2.75, 3.05) is 33.4 Å². The second-order valence-corrected chi connectivity index (χ2v) is 6.92. The molecule has 0 N–H and O–H groups in total. The Morgan fingerprint density at radius 2 is 2.00 bits per heavy atom. The second-order valence-electron chi connectivity index (χ2n) is 6.92. The molecule has 6 heteroatoms. The zero-order valence-electron chi connectivity index (χ0n) is 15.5. The first-order valence-electron chi connectivity index (χ1n) is 9.03.